The molecule has 125 heavy (non-hydrogen) atoms. The molecular weight excluding hydrogens is 1570 g/mol. The van der Waals surface area contributed by atoms with Crippen molar-refractivity contribution in [1.29, 1.82) is 0 Å². The summed E-state index contributed by atoms with van der Waals surface area (Å²) in [5, 5.41) is 18.9. The highest BCUT2D eigenvalue weighted by atomic mass is 16.2. The summed E-state index contributed by atoms with van der Waals surface area (Å²) in [6, 6.07) is 33.4. The molecule has 6 aliphatic rings. The summed E-state index contributed by atoms with van der Waals surface area (Å²) in [5.41, 5.74) is 35.9. The van der Waals surface area contributed by atoms with Gasteiger partial charge in [0.05, 0.1) is 46.2 Å². The lowest BCUT2D eigenvalue weighted by molar-refractivity contribution is -0.125. The molecule has 3 atom stereocenters. The van der Waals surface area contributed by atoms with Crippen molar-refractivity contribution in [3.05, 3.63) is 222 Å². The van der Waals surface area contributed by atoms with Gasteiger partial charge in [0.1, 0.15) is 65.0 Å². The molecule has 6 fully saturated rings. The van der Waals surface area contributed by atoms with Gasteiger partial charge in [0.15, 0.2) is 0 Å². The van der Waals surface area contributed by atoms with Gasteiger partial charge >= 0.3 is 0 Å². The highest BCUT2D eigenvalue weighted by molar-refractivity contribution is 6.08. The number of rotatable bonds is 27. The van der Waals surface area contributed by atoms with E-state index in [0.29, 0.717) is 91.1 Å². The van der Waals surface area contributed by atoms with Crippen molar-refractivity contribution in [1.82, 2.24) is 98.4 Å². The highest BCUT2D eigenvalue weighted by Crippen LogP contribution is 2.44. The zero-order chi connectivity index (χ0) is 87.1. The van der Waals surface area contributed by atoms with Crippen LogP contribution in [0.15, 0.2) is 171 Å². The number of amides is 5. The fourth-order valence-corrected chi connectivity index (χ4v) is 17.9. The Kier molecular flexibility index (Phi) is 25.9. The van der Waals surface area contributed by atoms with Crippen LogP contribution >= 0.6 is 0 Å². The predicted molar refractivity (Wildman–Crippen MR) is 488 cm³/mol. The monoisotopic (exact) mass is 1680 g/mol. The number of aryl methyl sites for hydroxylation is 4. The zero-order valence-electron chi connectivity index (χ0n) is 72.5. The molecule has 3 saturated heterocycles. The first-order valence-electron chi connectivity index (χ1n) is 43.6. The molecule has 18 rings (SSSR count). The van der Waals surface area contributed by atoms with Gasteiger partial charge in [0.2, 0.25) is 17.7 Å². The van der Waals surface area contributed by atoms with Gasteiger partial charge in [-0.2, -0.15) is 15.4 Å². The molecular formula is C95H111N25O5. The molecule has 9 N–H and O–H groups in total. The second-order valence-electron chi connectivity index (χ2n) is 34.0. The molecule has 3 aliphatic carbocycles. The van der Waals surface area contributed by atoms with Crippen LogP contribution in [-0.4, -0.2) is 226 Å². The molecule has 12 aromatic rings. The third-order valence-corrected chi connectivity index (χ3v) is 25.2. The molecule has 9 aromatic heterocycles. The van der Waals surface area contributed by atoms with E-state index in [1.54, 1.807) is 49.0 Å². The normalized spacial score (nSPS) is 17.2. The van der Waals surface area contributed by atoms with Crippen LogP contribution in [0.25, 0.3) is 66.5 Å². The third kappa shape index (κ3) is 19.4. The van der Waals surface area contributed by atoms with E-state index in [1.165, 1.54) is 63.1 Å². The SMILES string of the molecule is CCCc1ccnc(NC(=O)c2ccc(-c3c(C)n([C@@H]4CCN(C(=O)/C=C/CN(C)C5CC5)C4)c4ncnc(N)c34)cc2)c1.Cc1c(-c2ccc(CCc3cn[nH]n3)cc2)c2c(N)ncnc2n1[C@@H]1CCN(C(=O)/C=C/CN(C)C2CC2)C1.Cc1ccnc(NC(=O)c2ccc(-c3c(C)n([C@@H]4CCN(C(=O)/C=C/CN(C)C5CC5)C4)c4ncnc(N)c34)cc2)c1. The molecule has 3 saturated carbocycles. The molecule has 3 aromatic carbocycles. The van der Waals surface area contributed by atoms with Gasteiger partial charge in [0.25, 0.3) is 11.8 Å². The number of hydrogen-bond donors (Lipinski definition) is 6. The van der Waals surface area contributed by atoms with Crippen molar-refractivity contribution in [2.75, 3.05) is 108 Å². The number of hydrogen-bond acceptors (Lipinski definition) is 21. The molecule has 646 valence electrons. The summed E-state index contributed by atoms with van der Waals surface area (Å²) in [6.45, 7) is 16.6. The summed E-state index contributed by atoms with van der Waals surface area (Å²) < 4.78 is 6.67. The highest BCUT2D eigenvalue weighted by Gasteiger charge is 2.36. The first-order chi connectivity index (χ1) is 60.6. The van der Waals surface area contributed by atoms with Crippen LogP contribution in [0.4, 0.5) is 29.1 Å². The molecule has 30 heteroatoms. The van der Waals surface area contributed by atoms with Crippen LogP contribution in [0, 0.1) is 27.7 Å². The van der Waals surface area contributed by atoms with E-state index in [1.807, 2.05) is 101 Å². The van der Waals surface area contributed by atoms with Gasteiger partial charge in [-0.15, -0.1) is 0 Å². The van der Waals surface area contributed by atoms with Crippen molar-refractivity contribution in [2.24, 2.45) is 0 Å². The van der Waals surface area contributed by atoms with Crippen LogP contribution in [-0.2, 0) is 33.6 Å². The molecule has 30 nitrogen and oxygen atoms in total. The van der Waals surface area contributed by atoms with E-state index in [2.05, 4.69) is 167 Å². The number of carbonyl (C=O) groups is 5. The summed E-state index contributed by atoms with van der Waals surface area (Å²) in [5.74, 6) is 2.04. The smallest absolute Gasteiger partial charge is 0.256 e. The minimum absolute atomic E-state index is 0.0416. The molecule has 0 radical (unpaired) electrons. The number of aromatic nitrogens is 14. The van der Waals surface area contributed by atoms with Crippen LogP contribution in [0.3, 0.4) is 0 Å². The maximum Gasteiger partial charge on any atom is 0.256 e. The van der Waals surface area contributed by atoms with Crippen molar-refractivity contribution in [3.8, 4) is 33.4 Å². The Labute approximate surface area is 727 Å². The van der Waals surface area contributed by atoms with E-state index >= 15 is 0 Å². The molecule has 0 bridgehead atoms. The Balaban J connectivity index is 0.000000139. The number of nitrogens with two attached hydrogens (primary N) is 3. The number of aromatic amines is 1. The zero-order valence-corrected chi connectivity index (χ0v) is 72.5. The number of pyridine rings is 2. The Morgan fingerprint density at radius 2 is 0.824 bits per heavy atom. The van der Waals surface area contributed by atoms with Crippen LogP contribution in [0.1, 0.15) is 149 Å². The quantitative estimate of drug-likeness (QED) is 0.0260. The largest absolute Gasteiger partial charge is 0.383 e. The Hall–Kier alpha value is -13.2. The fraction of sp³-hybridized carbons (Fsp3) is 0.379. The van der Waals surface area contributed by atoms with Crippen molar-refractivity contribution >= 4 is 91.7 Å². The summed E-state index contributed by atoms with van der Waals surface area (Å²) in [7, 11) is 6.33. The number of anilines is 5. The average Bonchev–Trinajstić information content (AvgIpc) is 1.60. The standard InChI is InChI=1S/C34H40N8O2.C32H36N8O2.C29H35N9O/c1-4-6-23-14-16-36-28(19-23)39-34(44)25-10-8-24(9-11-25)30-22(2)42(33-31(30)32(35)37-21-38-33)27-15-18-41(20-27)29(43)7-5-17-40(3)26-12-13-26;1-20-12-14-34-26(17-20)37-32(42)23-8-6-22(7-9-23)28-21(2)40(31-29(28)30(33)35-19-36-31)25-13-16-39(18-25)27(41)5-4-15-38(3)24-10-11-24;1-19-26(21-8-5-20(6-9-21)7-10-22-16-33-35-34-22)27-28(30)31-18-32-29(27)38(19)24-13-15-37(17-24)25(39)4-3-14-36(2)23-11-12-23/h5,7-11,14,16,19,21,26-27H,4,6,12-13,15,17-18,20H2,1-3H3,(H2,35,37,38)(H,36,39,44);4-9,12,14,17,19,24-25H,10-11,13,15-16,18H2,1-3H3,(H2,33,35,36)(H,34,37,42);3-6,8-9,16,18,23-24H,7,10-15,17H2,1-2H3,(H2,30,31,32)(H,33,34,35)/b7-5+;5-4+;4-3+/t27-;25-;24-/m111/s1. The van der Waals surface area contributed by atoms with E-state index in [0.717, 1.165) is 172 Å². The van der Waals surface area contributed by atoms with Crippen molar-refractivity contribution in [2.45, 2.75) is 154 Å². The van der Waals surface area contributed by atoms with Crippen molar-refractivity contribution < 1.29 is 24.0 Å². The number of benzene rings is 3. The number of likely N-dealkylation sites (N-methyl/N-ethyl adjacent to an activating group) is 3. The van der Waals surface area contributed by atoms with Crippen molar-refractivity contribution in [3.63, 3.8) is 0 Å². The lowest BCUT2D eigenvalue weighted by Gasteiger charge is -2.18. The van der Waals surface area contributed by atoms with E-state index in [-0.39, 0.29) is 47.7 Å². The number of fused-ring (bicyclic) bond motifs is 3. The summed E-state index contributed by atoms with van der Waals surface area (Å²) in [6.07, 6.45) is 34.5. The summed E-state index contributed by atoms with van der Waals surface area (Å²) >= 11 is 0. The van der Waals surface area contributed by atoms with Crippen LogP contribution in [0.5, 0.6) is 0 Å². The molecule has 5 amide bonds. The van der Waals surface area contributed by atoms with E-state index in [9.17, 15) is 24.0 Å². The number of nitrogens with one attached hydrogen (secondary N) is 3. The predicted octanol–water partition coefficient (Wildman–Crippen LogP) is 12.7. The van der Waals surface area contributed by atoms with E-state index < -0.39 is 0 Å². The Morgan fingerprint density at radius 3 is 1.18 bits per heavy atom. The Morgan fingerprint density at radius 1 is 0.448 bits per heavy atom. The second-order valence-corrected chi connectivity index (χ2v) is 34.0. The minimum atomic E-state index is -0.231. The Bertz CT molecular complexity index is 6020. The number of carbonyl (C=O) groups excluding carboxylic acids is 5. The minimum Gasteiger partial charge on any atom is -0.383 e. The van der Waals surface area contributed by atoms with Gasteiger partial charge in [-0.1, -0.05) is 80.1 Å². The molecule has 12 heterocycles. The maximum absolute atomic E-state index is 13.0. The topological polar surface area (TPSA) is 366 Å². The van der Waals surface area contributed by atoms with Gasteiger partial charge in [-0.05, 0) is 208 Å². The maximum atomic E-state index is 13.0. The molecule has 0 spiro atoms. The number of H-pyrrole nitrogens is 1. The lowest BCUT2D eigenvalue weighted by Crippen LogP contribution is -2.28. The number of nitrogen functional groups attached to an aromatic ring is 3. The van der Waals surface area contributed by atoms with Crippen LogP contribution < -0.4 is 27.8 Å². The van der Waals surface area contributed by atoms with Gasteiger partial charge in [0, 0.05) is 153 Å². The first-order valence-corrected chi connectivity index (χ1v) is 43.6. The average molecular weight is 1680 g/mol. The summed E-state index contributed by atoms with van der Waals surface area (Å²) in [4.78, 5) is 113. The van der Waals surface area contributed by atoms with E-state index in [4.69, 9.17) is 17.2 Å². The first kappa shape index (κ1) is 85.4. The molecule has 0 unspecified atom stereocenters. The second kappa shape index (κ2) is 37.9. The molecule has 3 aliphatic heterocycles. The fourth-order valence-electron chi connectivity index (χ4n) is 17.9. The number of likely N-dealkylation sites (tertiary alicyclic amines) is 3. The van der Waals surface area contributed by atoms with Gasteiger partial charge in [-0.3, -0.25) is 38.7 Å². The lowest BCUT2D eigenvalue weighted by atomic mass is 10.00. The van der Waals surface area contributed by atoms with Gasteiger partial charge < -0.3 is 56.2 Å². The van der Waals surface area contributed by atoms with Crippen LogP contribution in [0.2, 0.25) is 0 Å². The van der Waals surface area contributed by atoms with Gasteiger partial charge in [-0.25, -0.2) is 39.9 Å². The number of nitrogens with zero attached hydrogens (tertiary/aromatic N) is 19. The third-order valence-electron chi connectivity index (χ3n) is 25.2.